The Morgan fingerprint density at radius 3 is 2.78 bits per heavy atom. The molecule has 0 spiro atoms. The fraction of sp³-hybridized carbons (Fsp3) is 0.462. The summed E-state index contributed by atoms with van der Waals surface area (Å²) in [5.41, 5.74) is 1.11. The van der Waals surface area contributed by atoms with E-state index in [1.807, 2.05) is 12.1 Å². The Bertz CT molecular complexity index is 403. The Balaban J connectivity index is 0.00000162. The standard InChI is InChI=1S/C13H17NO3.ClH/c1-17-13(16)12-6-5-10(8-14-12)9-3-2-4-11(15)7-9;/h2-4,7,10,12,14-15H,5-6,8H2,1H3;1H. The van der Waals surface area contributed by atoms with E-state index in [1.54, 1.807) is 12.1 Å². The van der Waals surface area contributed by atoms with Gasteiger partial charge in [0.1, 0.15) is 11.8 Å². The molecule has 1 aliphatic rings. The molecule has 1 aromatic carbocycles. The topological polar surface area (TPSA) is 58.6 Å². The van der Waals surface area contributed by atoms with E-state index in [0.717, 1.165) is 24.9 Å². The number of hydrogen-bond acceptors (Lipinski definition) is 4. The Morgan fingerprint density at radius 1 is 1.44 bits per heavy atom. The molecular weight excluding hydrogens is 254 g/mol. The molecule has 0 aromatic heterocycles. The zero-order valence-corrected chi connectivity index (χ0v) is 11.1. The van der Waals surface area contributed by atoms with Crippen LogP contribution in [0.4, 0.5) is 0 Å². The quantitative estimate of drug-likeness (QED) is 0.806. The molecule has 2 unspecified atom stereocenters. The Kier molecular flexibility index (Phi) is 5.44. The molecule has 2 rings (SSSR count). The van der Waals surface area contributed by atoms with E-state index >= 15 is 0 Å². The lowest BCUT2D eigenvalue weighted by atomic mass is 9.88. The summed E-state index contributed by atoms with van der Waals surface area (Å²) in [4.78, 5) is 11.3. The van der Waals surface area contributed by atoms with Crippen LogP contribution in [0.1, 0.15) is 24.3 Å². The average molecular weight is 272 g/mol. The van der Waals surface area contributed by atoms with Crippen molar-refractivity contribution in [2.75, 3.05) is 13.7 Å². The van der Waals surface area contributed by atoms with Gasteiger partial charge in [-0.2, -0.15) is 0 Å². The zero-order chi connectivity index (χ0) is 12.3. The number of piperidine rings is 1. The Morgan fingerprint density at radius 2 is 2.22 bits per heavy atom. The van der Waals surface area contributed by atoms with Crippen molar-refractivity contribution in [3.05, 3.63) is 29.8 Å². The molecule has 1 heterocycles. The van der Waals surface area contributed by atoms with E-state index in [-0.39, 0.29) is 30.2 Å². The van der Waals surface area contributed by atoms with Crippen LogP contribution in [0.2, 0.25) is 0 Å². The van der Waals surface area contributed by atoms with Gasteiger partial charge in [0.05, 0.1) is 7.11 Å². The van der Waals surface area contributed by atoms with Crippen molar-refractivity contribution in [3.8, 4) is 5.75 Å². The zero-order valence-electron chi connectivity index (χ0n) is 10.3. The van der Waals surface area contributed by atoms with Gasteiger partial charge in [0.15, 0.2) is 0 Å². The molecule has 5 heteroatoms. The first-order valence-corrected chi connectivity index (χ1v) is 5.81. The third-order valence-corrected chi connectivity index (χ3v) is 3.24. The number of methoxy groups -OCH3 is 1. The lowest BCUT2D eigenvalue weighted by Gasteiger charge is -2.28. The summed E-state index contributed by atoms with van der Waals surface area (Å²) in [6.07, 6.45) is 1.70. The van der Waals surface area contributed by atoms with Crippen LogP contribution < -0.4 is 5.32 Å². The first-order valence-electron chi connectivity index (χ1n) is 5.81. The van der Waals surface area contributed by atoms with Gasteiger partial charge in [-0.1, -0.05) is 12.1 Å². The second-order valence-corrected chi connectivity index (χ2v) is 4.35. The van der Waals surface area contributed by atoms with Crippen LogP contribution in [0.15, 0.2) is 24.3 Å². The highest BCUT2D eigenvalue weighted by Gasteiger charge is 2.26. The molecule has 2 N–H and O–H groups in total. The van der Waals surface area contributed by atoms with Crippen LogP contribution in [-0.2, 0) is 9.53 Å². The molecule has 100 valence electrons. The number of nitrogens with one attached hydrogen (secondary N) is 1. The summed E-state index contributed by atoms with van der Waals surface area (Å²) >= 11 is 0. The van der Waals surface area contributed by atoms with Crippen molar-refractivity contribution in [1.82, 2.24) is 5.32 Å². The van der Waals surface area contributed by atoms with Crippen molar-refractivity contribution in [1.29, 1.82) is 0 Å². The van der Waals surface area contributed by atoms with Crippen LogP contribution in [0.5, 0.6) is 5.75 Å². The van der Waals surface area contributed by atoms with Gasteiger partial charge in [0.25, 0.3) is 0 Å². The molecular formula is C13H18ClNO3. The van der Waals surface area contributed by atoms with Gasteiger partial charge in [-0.15, -0.1) is 12.4 Å². The Hall–Kier alpha value is -1.26. The first kappa shape index (κ1) is 14.8. The maximum Gasteiger partial charge on any atom is 0.322 e. The molecule has 4 nitrogen and oxygen atoms in total. The van der Waals surface area contributed by atoms with Gasteiger partial charge in [-0.25, -0.2) is 0 Å². The largest absolute Gasteiger partial charge is 0.508 e. The number of hydrogen-bond donors (Lipinski definition) is 2. The number of carbonyl (C=O) groups excluding carboxylic acids is 1. The molecule has 1 fully saturated rings. The van der Waals surface area contributed by atoms with Crippen LogP contribution in [0.25, 0.3) is 0 Å². The number of phenolic OH excluding ortho intramolecular Hbond substituents is 1. The monoisotopic (exact) mass is 271 g/mol. The van der Waals surface area contributed by atoms with Crippen LogP contribution in [0, 0.1) is 0 Å². The number of esters is 1. The molecule has 1 aliphatic heterocycles. The number of aromatic hydroxyl groups is 1. The predicted octanol–water partition coefficient (Wildman–Crippen LogP) is 1.82. The van der Waals surface area contributed by atoms with Crippen LogP contribution >= 0.6 is 12.4 Å². The van der Waals surface area contributed by atoms with Gasteiger partial charge in [0.2, 0.25) is 0 Å². The smallest absolute Gasteiger partial charge is 0.322 e. The normalized spacial score (nSPS) is 22.9. The van der Waals surface area contributed by atoms with E-state index < -0.39 is 0 Å². The maximum absolute atomic E-state index is 11.3. The summed E-state index contributed by atoms with van der Waals surface area (Å²) < 4.78 is 4.71. The SMILES string of the molecule is COC(=O)C1CCC(c2cccc(O)c2)CN1.Cl. The fourth-order valence-electron chi connectivity index (χ4n) is 2.26. The fourth-order valence-corrected chi connectivity index (χ4v) is 2.26. The first-order chi connectivity index (χ1) is 8.20. The molecule has 1 aromatic rings. The van der Waals surface area contributed by atoms with E-state index in [1.165, 1.54) is 7.11 Å². The van der Waals surface area contributed by atoms with E-state index in [9.17, 15) is 9.90 Å². The molecule has 2 atom stereocenters. The van der Waals surface area contributed by atoms with Crippen LogP contribution in [-0.4, -0.2) is 30.8 Å². The van der Waals surface area contributed by atoms with Crippen molar-refractivity contribution in [3.63, 3.8) is 0 Å². The summed E-state index contributed by atoms with van der Waals surface area (Å²) in [7, 11) is 1.41. The van der Waals surface area contributed by atoms with E-state index in [0.29, 0.717) is 5.92 Å². The minimum atomic E-state index is -0.195. The second-order valence-electron chi connectivity index (χ2n) is 4.35. The second kappa shape index (κ2) is 6.61. The molecule has 0 saturated carbocycles. The average Bonchev–Trinajstić information content (AvgIpc) is 2.38. The summed E-state index contributed by atoms with van der Waals surface area (Å²) in [5.74, 6) is 0.444. The predicted molar refractivity (Wildman–Crippen MR) is 71.1 cm³/mol. The molecule has 0 aliphatic carbocycles. The number of rotatable bonds is 2. The highest BCUT2D eigenvalue weighted by molar-refractivity contribution is 5.85. The highest BCUT2D eigenvalue weighted by Crippen LogP contribution is 2.27. The minimum absolute atomic E-state index is 0. The van der Waals surface area contributed by atoms with Gasteiger partial charge < -0.3 is 15.2 Å². The molecule has 0 radical (unpaired) electrons. The Labute approximate surface area is 113 Å². The maximum atomic E-state index is 11.3. The van der Waals surface area contributed by atoms with E-state index in [2.05, 4.69) is 5.32 Å². The summed E-state index contributed by atoms with van der Waals surface area (Å²) in [6, 6.07) is 7.11. The van der Waals surface area contributed by atoms with Gasteiger partial charge in [0, 0.05) is 6.54 Å². The summed E-state index contributed by atoms with van der Waals surface area (Å²) in [6.45, 7) is 0.739. The molecule has 18 heavy (non-hydrogen) atoms. The number of ether oxygens (including phenoxy) is 1. The molecule has 0 bridgehead atoms. The third-order valence-electron chi connectivity index (χ3n) is 3.24. The molecule has 0 amide bonds. The number of carbonyl (C=O) groups is 1. The van der Waals surface area contributed by atoms with Gasteiger partial charge >= 0.3 is 5.97 Å². The van der Waals surface area contributed by atoms with Crippen molar-refractivity contribution in [2.24, 2.45) is 0 Å². The highest BCUT2D eigenvalue weighted by atomic mass is 35.5. The summed E-state index contributed by atoms with van der Waals surface area (Å²) in [5, 5.41) is 12.6. The lowest BCUT2D eigenvalue weighted by molar-refractivity contribution is -0.143. The van der Waals surface area contributed by atoms with Gasteiger partial charge in [-0.05, 0) is 36.5 Å². The number of benzene rings is 1. The lowest BCUT2D eigenvalue weighted by Crippen LogP contribution is -2.43. The van der Waals surface area contributed by atoms with Crippen LogP contribution in [0.3, 0.4) is 0 Å². The number of phenols is 1. The van der Waals surface area contributed by atoms with Crippen molar-refractivity contribution < 1.29 is 14.6 Å². The third kappa shape index (κ3) is 3.37. The molecule has 1 saturated heterocycles. The van der Waals surface area contributed by atoms with E-state index in [4.69, 9.17) is 4.74 Å². The number of halogens is 1. The van der Waals surface area contributed by atoms with Crippen molar-refractivity contribution >= 4 is 18.4 Å². The van der Waals surface area contributed by atoms with Crippen molar-refractivity contribution in [2.45, 2.75) is 24.8 Å². The van der Waals surface area contributed by atoms with Gasteiger partial charge in [-0.3, -0.25) is 4.79 Å². The minimum Gasteiger partial charge on any atom is -0.508 e.